The highest BCUT2D eigenvalue weighted by atomic mass is 35.5. The predicted octanol–water partition coefficient (Wildman–Crippen LogP) is 3.12. The number of piperidine rings is 1. The molecule has 1 aliphatic rings. The van der Waals surface area contributed by atoms with Gasteiger partial charge in [0.05, 0.1) is 0 Å². The van der Waals surface area contributed by atoms with Gasteiger partial charge in [-0.25, -0.2) is 14.8 Å². The van der Waals surface area contributed by atoms with Crippen LogP contribution in [0.1, 0.15) is 12.8 Å². The number of nitrogens with zero attached hydrogens (tertiary/aromatic N) is 3. The Morgan fingerprint density at radius 2 is 1.92 bits per heavy atom. The van der Waals surface area contributed by atoms with Crippen molar-refractivity contribution in [2.24, 2.45) is 0 Å². The molecule has 2 aromatic rings. The van der Waals surface area contributed by atoms with E-state index < -0.39 is 0 Å². The first-order valence-corrected chi connectivity index (χ1v) is 8.25. The number of alkyl carbamates (subject to hydrolysis) is 1. The zero-order chi connectivity index (χ0) is 16.9. The van der Waals surface area contributed by atoms with Crippen molar-refractivity contribution in [2.75, 3.05) is 25.0 Å². The lowest BCUT2D eigenvalue weighted by atomic mass is 10.1. The first-order valence-electron chi connectivity index (χ1n) is 7.87. The molecule has 0 bridgehead atoms. The van der Waals surface area contributed by atoms with Gasteiger partial charge in [-0.1, -0.05) is 29.8 Å². The molecule has 0 radical (unpaired) electrons. The van der Waals surface area contributed by atoms with Crippen LogP contribution in [-0.4, -0.2) is 42.3 Å². The molecule has 0 unspecified atom stereocenters. The van der Waals surface area contributed by atoms with Crippen LogP contribution in [0, 0.1) is 0 Å². The quantitative estimate of drug-likeness (QED) is 0.924. The summed E-state index contributed by atoms with van der Waals surface area (Å²) in [6.07, 6.45) is 4.68. The third kappa shape index (κ3) is 3.76. The van der Waals surface area contributed by atoms with E-state index in [1.807, 2.05) is 24.3 Å². The van der Waals surface area contributed by atoms with Crippen molar-refractivity contribution in [3.05, 3.63) is 41.7 Å². The fourth-order valence-corrected chi connectivity index (χ4v) is 2.95. The molecule has 7 heteroatoms. The SMILES string of the molecule is CNC(=O)OC1CCN(c2ncc(-c3ccccc3Cl)cn2)CC1. The van der Waals surface area contributed by atoms with Crippen LogP contribution in [0.25, 0.3) is 11.1 Å². The van der Waals surface area contributed by atoms with Gasteiger partial charge in [-0.15, -0.1) is 0 Å². The van der Waals surface area contributed by atoms with Crippen LogP contribution in [0.4, 0.5) is 10.7 Å². The van der Waals surface area contributed by atoms with Crippen molar-refractivity contribution in [3.63, 3.8) is 0 Å². The molecule has 0 atom stereocenters. The van der Waals surface area contributed by atoms with Crippen molar-refractivity contribution in [1.82, 2.24) is 15.3 Å². The van der Waals surface area contributed by atoms with Crippen LogP contribution < -0.4 is 10.2 Å². The number of halogens is 1. The summed E-state index contributed by atoms with van der Waals surface area (Å²) in [6.45, 7) is 1.51. The fraction of sp³-hybridized carbons (Fsp3) is 0.353. The maximum atomic E-state index is 11.2. The van der Waals surface area contributed by atoms with Crippen molar-refractivity contribution >= 4 is 23.6 Å². The van der Waals surface area contributed by atoms with Gasteiger partial charge in [-0.3, -0.25) is 0 Å². The second-order valence-corrected chi connectivity index (χ2v) is 6.00. The Balaban J connectivity index is 1.63. The average Bonchev–Trinajstić information content (AvgIpc) is 2.63. The summed E-state index contributed by atoms with van der Waals surface area (Å²) in [4.78, 5) is 22.3. The Kier molecular flexibility index (Phi) is 5.15. The molecule has 24 heavy (non-hydrogen) atoms. The molecule has 0 spiro atoms. The number of carbonyl (C=O) groups excluding carboxylic acids is 1. The van der Waals surface area contributed by atoms with Gasteiger partial charge in [0.2, 0.25) is 5.95 Å². The van der Waals surface area contributed by atoms with Crippen molar-refractivity contribution in [3.8, 4) is 11.1 Å². The lowest BCUT2D eigenvalue weighted by molar-refractivity contribution is 0.0847. The largest absolute Gasteiger partial charge is 0.446 e. The van der Waals surface area contributed by atoms with E-state index in [0.29, 0.717) is 11.0 Å². The molecule has 0 saturated carbocycles. The Hall–Kier alpha value is -2.34. The molecular weight excluding hydrogens is 328 g/mol. The van der Waals surface area contributed by atoms with Crippen LogP contribution in [0.2, 0.25) is 5.02 Å². The summed E-state index contributed by atoms with van der Waals surface area (Å²) in [5.41, 5.74) is 1.81. The van der Waals surface area contributed by atoms with Crippen LogP contribution >= 0.6 is 11.6 Å². The predicted molar refractivity (Wildman–Crippen MR) is 93.3 cm³/mol. The Bertz CT molecular complexity index is 700. The molecule has 3 rings (SSSR count). The Labute approximate surface area is 145 Å². The van der Waals surface area contributed by atoms with E-state index in [0.717, 1.165) is 37.1 Å². The normalized spacial score (nSPS) is 15.2. The standard InChI is InChI=1S/C17H19ClN4O2/c1-19-17(23)24-13-6-8-22(9-7-13)16-20-10-12(11-21-16)14-4-2-3-5-15(14)18/h2-5,10-11,13H,6-9H2,1H3,(H,19,23). The average molecular weight is 347 g/mol. The summed E-state index contributed by atoms with van der Waals surface area (Å²) in [7, 11) is 1.56. The summed E-state index contributed by atoms with van der Waals surface area (Å²) >= 11 is 6.20. The number of rotatable bonds is 3. The highest BCUT2D eigenvalue weighted by Gasteiger charge is 2.23. The molecule has 126 valence electrons. The monoisotopic (exact) mass is 346 g/mol. The Morgan fingerprint density at radius 3 is 2.54 bits per heavy atom. The first kappa shape index (κ1) is 16.5. The molecule has 1 saturated heterocycles. The highest BCUT2D eigenvalue weighted by Crippen LogP contribution is 2.27. The molecule has 1 aliphatic heterocycles. The van der Waals surface area contributed by atoms with E-state index in [9.17, 15) is 4.79 Å². The van der Waals surface area contributed by atoms with Crippen molar-refractivity contribution < 1.29 is 9.53 Å². The first-order chi connectivity index (χ1) is 11.7. The number of amides is 1. The Morgan fingerprint density at radius 1 is 1.25 bits per heavy atom. The van der Waals surface area contributed by atoms with Gasteiger partial charge in [-0.05, 0) is 6.07 Å². The zero-order valence-corrected chi connectivity index (χ0v) is 14.2. The van der Waals surface area contributed by atoms with Crippen LogP contribution in [0.5, 0.6) is 0 Å². The second-order valence-electron chi connectivity index (χ2n) is 5.59. The molecule has 1 fully saturated rings. The maximum absolute atomic E-state index is 11.2. The lowest BCUT2D eigenvalue weighted by Crippen LogP contribution is -2.39. The van der Waals surface area contributed by atoms with E-state index in [4.69, 9.17) is 16.3 Å². The van der Waals surface area contributed by atoms with Gasteiger partial charge >= 0.3 is 6.09 Å². The van der Waals surface area contributed by atoms with Crippen LogP contribution in [-0.2, 0) is 4.74 Å². The number of ether oxygens (including phenoxy) is 1. The minimum Gasteiger partial charge on any atom is -0.446 e. The van der Waals surface area contributed by atoms with Crippen molar-refractivity contribution in [2.45, 2.75) is 18.9 Å². The minimum absolute atomic E-state index is 0.0522. The van der Waals surface area contributed by atoms with Crippen LogP contribution in [0.15, 0.2) is 36.7 Å². The number of carbonyl (C=O) groups is 1. The number of benzene rings is 1. The topological polar surface area (TPSA) is 67.3 Å². The molecule has 1 aromatic heterocycles. The highest BCUT2D eigenvalue weighted by molar-refractivity contribution is 6.33. The number of aromatic nitrogens is 2. The number of nitrogens with one attached hydrogen (secondary N) is 1. The zero-order valence-electron chi connectivity index (χ0n) is 13.4. The van der Waals surface area contributed by atoms with Gasteiger partial charge in [-0.2, -0.15) is 0 Å². The van der Waals surface area contributed by atoms with E-state index in [1.165, 1.54) is 0 Å². The molecule has 1 N–H and O–H groups in total. The van der Waals surface area contributed by atoms with Crippen LogP contribution in [0.3, 0.4) is 0 Å². The van der Waals surface area contributed by atoms with Crippen molar-refractivity contribution in [1.29, 1.82) is 0 Å². The van der Waals surface area contributed by atoms with Gasteiger partial charge in [0.25, 0.3) is 0 Å². The molecule has 0 aliphatic carbocycles. The number of hydrogen-bond acceptors (Lipinski definition) is 5. The molecule has 2 heterocycles. The van der Waals surface area contributed by atoms with E-state index in [-0.39, 0.29) is 12.2 Å². The molecule has 1 amide bonds. The maximum Gasteiger partial charge on any atom is 0.407 e. The van der Waals surface area contributed by atoms with Gasteiger partial charge < -0.3 is 15.0 Å². The summed E-state index contributed by atoms with van der Waals surface area (Å²) in [5.74, 6) is 0.684. The lowest BCUT2D eigenvalue weighted by Gasteiger charge is -2.31. The minimum atomic E-state index is -0.381. The molecular formula is C17H19ClN4O2. The number of hydrogen-bond donors (Lipinski definition) is 1. The summed E-state index contributed by atoms with van der Waals surface area (Å²) in [6, 6.07) is 7.63. The van der Waals surface area contributed by atoms with E-state index in [1.54, 1.807) is 19.4 Å². The fourth-order valence-electron chi connectivity index (χ4n) is 2.70. The van der Waals surface area contributed by atoms with Gasteiger partial charge in [0.15, 0.2) is 0 Å². The van der Waals surface area contributed by atoms with E-state index in [2.05, 4.69) is 20.2 Å². The smallest absolute Gasteiger partial charge is 0.407 e. The summed E-state index contributed by atoms with van der Waals surface area (Å²) < 4.78 is 5.28. The molecule has 6 nitrogen and oxygen atoms in total. The summed E-state index contributed by atoms with van der Waals surface area (Å²) in [5, 5.41) is 3.15. The van der Waals surface area contributed by atoms with Gasteiger partial charge in [0.1, 0.15) is 6.10 Å². The third-order valence-electron chi connectivity index (χ3n) is 4.03. The molecule has 1 aromatic carbocycles. The number of anilines is 1. The second kappa shape index (κ2) is 7.49. The third-order valence-corrected chi connectivity index (χ3v) is 4.36. The van der Waals surface area contributed by atoms with E-state index >= 15 is 0 Å². The van der Waals surface area contributed by atoms with Gasteiger partial charge in [0, 0.05) is 61.5 Å².